The monoisotopic (exact) mass is 407 g/mol. The lowest BCUT2D eigenvalue weighted by Crippen LogP contribution is -2.27. The molecule has 7 heteroatoms. The first kappa shape index (κ1) is 19.9. The Kier molecular flexibility index (Phi) is 4.96. The first-order chi connectivity index (χ1) is 14.3. The number of imidazole rings is 1. The number of benzene rings is 2. The molecule has 3 aromatic rings. The van der Waals surface area contributed by atoms with Crippen molar-refractivity contribution in [1.29, 1.82) is 5.26 Å². The Hall–Kier alpha value is -3.37. The van der Waals surface area contributed by atoms with E-state index in [1.807, 2.05) is 6.07 Å². The molecule has 30 heavy (non-hydrogen) atoms. The lowest BCUT2D eigenvalue weighted by atomic mass is 9.87. The largest absolute Gasteiger partial charge is 0.383 e. The highest BCUT2D eigenvalue weighted by Crippen LogP contribution is 2.45. The minimum Gasteiger partial charge on any atom is -0.383 e. The Balaban J connectivity index is 1.60. The number of hydrogen-bond donors (Lipinski definition) is 1. The molecule has 2 aromatic carbocycles. The molecular weight excluding hydrogens is 388 g/mol. The third-order valence-corrected chi connectivity index (χ3v) is 5.69. The first-order valence-electron chi connectivity index (χ1n) is 9.52. The maximum atomic E-state index is 14.6. The summed E-state index contributed by atoms with van der Waals surface area (Å²) in [5.74, 6) is -1.22. The van der Waals surface area contributed by atoms with Crippen molar-refractivity contribution in [3.05, 3.63) is 88.5 Å². The van der Waals surface area contributed by atoms with Gasteiger partial charge >= 0.3 is 0 Å². The zero-order valence-corrected chi connectivity index (χ0v) is 16.3. The van der Waals surface area contributed by atoms with Crippen molar-refractivity contribution in [3.8, 4) is 6.07 Å². The van der Waals surface area contributed by atoms with Crippen molar-refractivity contribution >= 4 is 5.78 Å². The summed E-state index contributed by atoms with van der Waals surface area (Å²) in [4.78, 5) is 16.8. The molecule has 0 saturated carbocycles. The number of fused-ring (bicyclic) bond motifs is 1. The maximum absolute atomic E-state index is 14.6. The van der Waals surface area contributed by atoms with Gasteiger partial charge in [0.05, 0.1) is 35.9 Å². The number of aromatic nitrogens is 2. The number of nitriles is 1. The Morgan fingerprint density at radius 2 is 2.13 bits per heavy atom. The molecule has 0 radical (unpaired) electrons. The highest BCUT2D eigenvalue weighted by atomic mass is 19.1. The molecule has 2 heterocycles. The second-order valence-corrected chi connectivity index (χ2v) is 7.75. The predicted octanol–water partition coefficient (Wildman–Crippen LogP) is 3.72. The minimum atomic E-state index is -1.51. The van der Waals surface area contributed by atoms with Gasteiger partial charge in [0.15, 0.2) is 0 Å². The molecular formula is C23H19F2N3O2. The highest BCUT2D eigenvalue weighted by molar-refractivity contribution is 5.82. The summed E-state index contributed by atoms with van der Waals surface area (Å²) in [6.45, 7) is 1.80. The van der Waals surface area contributed by atoms with Crippen molar-refractivity contribution in [3.63, 3.8) is 0 Å². The number of aliphatic hydroxyl groups is 1. The van der Waals surface area contributed by atoms with Crippen LogP contribution in [-0.4, -0.2) is 20.4 Å². The predicted molar refractivity (Wildman–Crippen MR) is 104 cm³/mol. The van der Waals surface area contributed by atoms with Gasteiger partial charge in [0, 0.05) is 24.8 Å². The number of ketones is 1. The van der Waals surface area contributed by atoms with Crippen LogP contribution in [0.15, 0.2) is 48.9 Å². The second-order valence-electron chi connectivity index (χ2n) is 7.75. The normalized spacial score (nSPS) is 20.0. The van der Waals surface area contributed by atoms with Crippen LogP contribution in [0, 0.1) is 29.9 Å². The average Bonchev–Trinajstić information content (AvgIpc) is 3.28. The van der Waals surface area contributed by atoms with Crippen LogP contribution in [-0.2, 0) is 16.8 Å². The van der Waals surface area contributed by atoms with Crippen LogP contribution in [0.2, 0.25) is 0 Å². The van der Waals surface area contributed by atoms with Crippen molar-refractivity contribution in [2.24, 2.45) is 0 Å². The molecule has 1 aromatic heterocycles. The SMILES string of the molecule is Cc1ccc(F)cc1CC(=O)C[C@@]1(O)C[C@H](c2ccc(C#N)cc2F)n2cncc21. The summed E-state index contributed by atoms with van der Waals surface area (Å²) < 4.78 is 29.8. The molecule has 0 spiro atoms. The first-order valence-corrected chi connectivity index (χ1v) is 9.52. The fourth-order valence-electron chi connectivity index (χ4n) is 4.16. The molecule has 0 unspecified atom stereocenters. The Morgan fingerprint density at radius 3 is 2.87 bits per heavy atom. The van der Waals surface area contributed by atoms with Gasteiger partial charge in [0.1, 0.15) is 23.0 Å². The van der Waals surface area contributed by atoms with Gasteiger partial charge in [-0.1, -0.05) is 12.1 Å². The maximum Gasteiger partial charge on any atom is 0.140 e. The van der Waals surface area contributed by atoms with E-state index < -0.39 is 23.3 Å². The van der Waals surface area contributed by atoms with Crippen molar-refractivity contribution in [1.82, 2.24) is 9.55 Å². The fraction of sp³-hybridized carbons (Fsp3) is 0.261. The van der Waals surface area contributed by atoms with Gasteiger partial charge in [0.2, 0.25) is 0 Å². The topological polar surface area (TPSA) is 78.9 Å². The van der Waals surface area contributed by atoms with E-state index in [9.17, 15) is 18.7 Å². The van der Waals surface area contributed by atoms with Crippen molar-refractivity contribution < 1.29 is 18.7 Å². The summed E-state index contributed by atoms with van der Waals surface area (Å²) in [6, 6.07) is 9.81. The molecule has 1 N–H and O–H groups in total. The van der Waals surface area contributed by atoms with E-state index in [4.69, 9.17) is 5.26 Å². The summed E-state index contributed by atoms with van der Waals surface area (Å²) >= 11 is 0. The van der Waals surface area contributed by atoms with E-state index in [0.717, 1.165) is 11.6 Å². The van der Waals surface area contributed by atoms with Gasteiger partial charge in [0.25, 0.3) is 0 Å². The van der Waals surface area contributed by atoms with E-state index in [0.29, 0.717) is 16.8 Å². The number of carbonyl (C=O) groups is 1. The van der Waals surface area contributed by atoms with E-state index in [2.05, 4.69) is 4.98 Å². The van der Waals surface area contributed by atoms with Gasteiger partial charge < -0.3 is 9.67 Å². The second kappa shape index (κ2) is 7.47. The summed E-state index contributed by atoms with van der Waals surface area (Å²) in [5, 5.41) is 20.2. The van der Waals surface area contributed by atoms with Crippen LogP contribution in [0.1, 0.15) is 46.8 Å². The van der Waals surface area contributed by atoms with Crippen LogP contribution >= 0.6 is 0 Å². The summed E-state index contributed by atoms with van der Waals surface area (Å²) in [5.41, 5.74) is 0.810. The quantitative estimate of drug-likeness (QED) is 0.699. The molecule has 1 aliphatic rings. The number of aryl methyl sites for hydroxylation is 1. The Bertz CT molecular complexity index is 1180. The zero-order chi connectivity index (χ0) is 21.5. The van der Waals surface area contributed by atoms with Crippen molar-refractivity contribution in [2.45, 2.75) is 37.8 Å². The molecule has 0 saturated heterocycles. The molecule has 1 aliphatic heterocycles. The number of halogens is 2. The molecule has 0 aliphatic carbocycles. The van der Waals surface area contributed by atoms with Crippen LogP contribution in [0.5, 0.6) is 0 Å². The van der Waals surface area contributed by atoms with Crippen LogP contribution < -0.4 is 0 Å². The molecule has 152 valence electrons. The number of rotatable bonds is 5. The van der Waals surface area contributed by atoms with E-state index in [1.54, 1.807) is 17.6 Å². The van der Waals surface area contributed by atoms with Gasteiger partial charge in [-0.15, -0.1) is 0 Å². The van der Waals surface area contributed by atoms with Gasteiger partial charge in [-0.3, -0.25) is 4.79 Å². The number of Topliss-reactive ketones (excluding diaryl/α,β-unsaturated/α-hetero) is 1. The van der Waals surface area contributed by atoms with E-state index in [-0.39, 0.29) is 30.6 Å². The van der Waals surface area contributed by atoms with Crippen LogP contribution in [0.25, 0.3) is 0 Å². The van der Waals surface area contributed by atoms with E-state index >= 15 is 0 Å². The minimum absolute atomic E-state index is 0.00403. The molecule has 0 bridgehead atoms. The Morgan fingerprint density at radius 1 is 1.33 bits per heavy atom. The third-order valence-electron chi connectivity index (χ3n) is 5.69. The van der Waals surface area contributed by atoms with Crippen LogP contribution in [0.3, 0.4) is 0 Å². The highest BCUT2D eigenvalue weighted by Gasteiger charge is 2.45. The lowest BCUT2D eigenvalue weighted by Gasteiger charge is -2.22. The summed E-state index contributed by atoms with van der Waals surface area (Å²) in [6.07, 6.45) is 2.87. The van der Waals surface area contributed by atoms with Gasteiger partial charge in [-0.05, 0) is 42.3 Å². The molecule has 5 nitrogen and oxygen atoms in total. The third kappa shape index (κ3) is 3.51. The Labute approximate surface area is 172 Å². The van der Waals surface area contributed by atoms with Crippen LogP contribution in [0.4, 0.5) is 8.78 Å². The molecule has 4 rings (SSSR count). The smallest absolute Gasteiger partial charge is 0.140 e. The van der Waals surface area contributed by atoms with Gasteiger partial charge in [-0.2, -0.15) is 5.26 Å². The zero-order valence-electron chi connectivity index (χ0n) is 16.3. The van der Waals surface area contributed by atoms with Crippen molar-refractivity contribution in [2.75, 3.05) is 0 Å². The number of hydrogen-bond acceptors (Lipinski definition) is 4. The molecule has 2 atom stereocenters. The number of nitrogens with zero attached hydrogens (tertiary/aromatic N) is 3. The number of carbonyl (C=O) groups excluding carboxylic acids is 1. The molecule has 0 fully saturated rings. The lowest BCUT2D eigenvalue weighted by molar-refractivity contribution is -0.123. The summed E-state index contributed by atoms with van der Waals surface area (Å²) in [7, 11) is 0. The average molecular weight is 407 g/mol. The van der Waals surface area contributed by atoms with Gasteiger partial charge in [-0.25, -0.2) is 13.8 Å². The molecule has 0 amide bonds. The van der Waals surface area contributed by atoms with E-state index in [1.165, 1.54) is 36.8 Å². The standard InChI is InChI=1S/C23H19F2N3O2/c1-14-2-4-17(24)7-16(14)8-18(29)9-23(30)10-21(28-13-27-12-22(23)28)19-5-3-15(11-26)6-20(19)25/h2-7,12-13,21,30H,8-10H2,1H3/t21-,23-/m1/s1. The fourth-order valence-corrected chi connectivity index (χ4v) is 4.16.